The maximum atomic E-state index is 13.0. The van der Waals surface area contributed by atoms with Gasteiger partial charge in [0, 0.05) is 18.5 Å². The fourth-order valence-electron chi connectivity index (χ4n) is 3.16. The highest BCUT2D eigenvalue weighted by Gasteiger charge is 2.22. The molecule has 140 valence electrons. The predicted octanol–water partition coefficient (Wildman–Crippen LogP) is 2.93. The van der Waals surface area contributed by atoms with Crippen molar-refractivity contribution in [3.63, 3.8) is 0 Å². The van der Waals surface area contributed by atoms with E-state index >= 15 is 0 Å². The van der Waals surface area contributed by atoms with Crippen LogP contribution in [0.5, 0.6) is 0 Å². The summed E-state index contributed by atoms with van der Waals surface area (Å²) < 4.78 is 20.2. The number of nitrogens with one attached hydrogen (secondary N) is 2. The molecule has 1 aromatic carbocycles. The summed E-state index contributed by atoms with van der Waals surface area (Å²) in [5, 5.41) is 10.5. The maximum absolute atomic E-state index is 13.0. The van der Waals surface area contributed by atoms with Crippen molar-refractivity contribution in [3.05, 3.63) is 53.8 Å². The summed E-state index contributed by atoms with van der Waals surface area (Å²) >= 11 is 0. The van der Waals surface area contributed by atoms with Gasteiger partial charge in [0.25, 0.3) is 5.91 Å². The zero-order valence-corrected chi connectivity index (χ0v) is 14.9. The number of piperidine rings is 1. The molecule has 0 spiro atoms. The molecular weight excluding hydrogens is 349 g/mol. The largest absolute Gasteiger partial charge is 0.451 e. The van der Waals surface area contributed by atoms with E-state index in [2.05, 4.69) is 20.7 Å². The molecule has 3 aromatic rings. The van der Waals surface area contributed by atoms with Crippen molar-refractivity contribution in [2.75, 3.05) is 18.4 Å². The Morgan fingerprint density at radius 1 is 1.22 bits per heavy atom. The van der Waals surface area contributed by atoms with Crippen LogP contribution in [0.3, 0.4) is 0 Å². The highest BCUT2D eigenvalue weighted by molar-refractivity contribution is 6.01. The van der Waals surface area contributed by atoms with Crippen molar-refractivity contribution in [2.24, 2.45) is 7.05 Å². The van der Waals surface area contributed by atoms with Crippen LogP contribution >= 0.6 is 0 Å². The second-order valence-electron chi connectivity index (χ2n) is 6.57. The zero-order valence-electron chi connectivity index (χ0n) is 14.9. The van der Waals surface area contributed by atoms with Crippen molar-refractivity contribution in [1.82, 2.24) is 20.1 Å². The summed E-state index contributed by atoms with van der Waals surface area (Å²) in [7, 11) is 1.75. The van der Waals surface area contributed by atoms with Crippen molar-refractivity contribution < 1.29 is 13.6 Å². The highest BCUT2D eigenvalue weighted by atomic mass is 19.1. The Balaban J connectivity index is 1.48. The number of carbonyl (C=O) groups excluding carboxylic acids is 1. The minimum absolute atomic E-state index is 0.153. The lowest BCUT2D eigenvalue weighted by molar-refractivity contribution is 0.0996. The first-order valence-electron chi connectivity index (χ1n) is 8.89. The van der Waals surface area contributed by atoms with Crippen LogP contribution in [-0.4, -0.2) is 33.8 Å². The Morgan fingerprint density at radius 2 is 1.96 bits per heavy atom. The number of hydrogen-bond donors (Lipinski definition) is 2. The molecule has 0 radical (unpaired) electrons. The fraction of sp³-hybridized carbons (Fsp3) is 0.316. The molecule has 0 saturated carbocycles. The monoisotopic (exact) mass is 369 g/mol. The Morgan fingerprint density at radius 3 is 2.70 bits per heavy atom. The number of rotatable bonds is 4. The Kier molecular flexibility index (Phi) is 4.72. The Bertz CT molecular complexity index is 941. The van der Waals surface area contributed by atoms with Crippen molar-refractivity contribution >= 4 is 11.9 Å². The van der Waals surface area contributed by atoms with E-state index in [1.54, 1.807) is 36.0 Å². The molecule has 4 rings (SSSR count). The van der Waals surface area contributed by atoms with Gasteiger partial charge in [-0.2, -0.15) is 10.1 Å². The molecule has 1 fully saturated rings. The van der Waals surface area contributed by atoms with Gasteiger partial charge in [0.05, 0.1) is 0 Å². The Hall–Kier alpha value is -3.00. The second-order valence-corrected chi connectivity index (χ2v) is 6.57. The minimum Gasteiger partial charge on any atom is -0.451 e. The van der Waals surface area contributed by atoms with Crippen LogP contribution in [0.15, 0.2) is 40.8 Å². The van der Waals surface area contributed by atoms with Crippen LogP contribution in [0.25, 0.3) is 11.3 Å². The minimum atomic E-state index is -0.407. The van der Waals surface area contributed by atoms with Gasteiger partial charge in [-0.15, -0.1) is 0 Å². The van der Waals surface area contributed by atoms with E-state index in [0.29, 0.717) is 23.2 Å². The van der Waals surface area contributed by atoms with Crippen LogP contribution < -0.4 is 10.6 Å². The molecule has 27 heavy (non-hydrogen) atoms. The van der Waals surface area contributed by atoms with E-state index < -0.39 is 5.91 Å². The van der Waals surface area contributed by atoms with Crippen molar-refractivity contribution in [3.8, 4) is 11.3 Å². The van der Waals surface area contributed by atoms with Gasteiger partial charge in [-0.1, -0.05) is 0 Å². The molecule has 0 atom stereocenters. The number of nitrogens with zero attached hydrogens (tertiary/aromatic N) is 3. The molecule has 7 nitrogen and oxygen atoms in total. The molecule has 0 bridgehead atoms. The average Bonchev–Trinajstić information content (AvgIpc) is 3.31. The molecule has 2 N–H and O–H groups in total. The van der Waals surface area contributed by atoms with E-state index in [-0.39, 0.29) is 11.6 Å². The number of halogens is 1. The third kappa shape index (κ3) is 3.75. The van der Waals surface area contributed by atoms with Crippen molar-refractivity contribution in [1.29, 1.82) is 0 Å². The predicted molar refractivity (Wildman–Crippen MR) is 97.9 cm³/mol. The molecule has 1 aliphatic rings. The van der Waals surface area contributed by atoms with Gasteiger partial charge in [-0.25, -0.2) is 9.07 Å². The lowest BCUT2D eigenvalue weighted by Gasteiger charge is -2.19. The van der Waals surface area contributed by atoms with Crippen LogP contribution in [-0.2, 0) is 7.05 Å². The van der Waals surface area contributed by atoms with E-state index in [1.165, 1.54) is 12.1 Å². The third-order valence-corrected chi connectivity index (χ3v) is 4.67. The number of carbonyl (C=O) groups is 1. The van der Waals surface area contributed by atoms with Crippen LogP contribution in [0.2, 0.25) is 0 Å². The number of furan rings is 1. The SMILES string of the molecule is Cn1nc(C2CCNCC2)nc1NC(=O)c1ccc(-c2ccc(F)cc2)o1. The first-order chi connectivity index (χ1) is 13.1. The molecular formula is C19H20FN5O2. The van der Waals surface area contributed by atoms with Crippen LogP contribution in [0.1, 0.15) is 35.1 Å². The molecule has 2 aromatic heterocycles. The number of amides is 1. The summed E-state index contributed by atoms with van der Waals surface area (Å²) in [6.45, 7) is 1.90. The summed E-state index contributed by atoms with van der Waals surface area (Å²) in [6.07, 6.45) is 1.97. The van der Waals surface area contributed by atoms with Gasteiger partial charge in [-0.05, 0) is 62.3 Å². The molecule has 0 unspecified atom stereocenters. The average molecular weight is 369 g/mol. The van der Waals surface area contributed by atoms with Gasteiger partial charge < -0.3 is 9.73 Å². The number of aryl methyl sites for hydroxylation is 1. The first kappa shape index (κ1) is 17.4. The van der Waals surface area contributed by atoms with E-state index in [1.807, 2.05) is 0 Å². The fourth-order valence-corrected chi connectivity index (χ4v) is 3.16. The van der Waals surface area contributed by atoms with Crippen LogP contribution in [0.4, 0.5) is 10.3 Å². The van der Waals surface area contributed by atoms with Crippen LogP contribution in [0, 0.1) is 5.82 Å². The molecule has 8 heteroatoms. The number of benzene rings is 1. The van der Waals surface area contributed by atoms with Gasteiger partial charge in [0.1, 0.15) is 11.6 Å². The number of aromatic nitrogens is 3. The summed E-state index contributed by atoms with van der Waals surface area (Å²) in [6, 6.07) is 9.16. The molecule has 3 heterocycles. The smallest absolute Gasteiger partial charge is 0.293 e. The molecule has 1 amide bonds. The van der Waals surface area contributed by atoms with Crippen molar-refractivity contribution in [2.45, 2.75) is 18.8 Å². The quantitative estimate of drug-likeness (QED) is 0.739. The molecule has 1 saturated heterocycles. The lowest BCUT2D eigenvalue weighted by Crippen LogP contribution is -2.27. The lowest BCUT2D eigenvalue weighted by atomic mass is 9.98. The van der Waals surface area contributed by atoms with E-state index in [9.17, 15) is 9.18 Å². The first-order valence-corrected chi connectivity index (χ1v) is 8.89. The van der Waals surface area contributed by atoms with E-state index in [0.717, 1.165) is 31.8 Å². The number of anilines is 1. The Labute approximate surface area is 155 Å². The summed E-state index contributed by atoms with van der Waals surface area (Å²) in [5.74, 6) is 1.35. The summed E-state index contributed by atoms with van der Waals surface area (Å²) in [5.41, 5.74) is 0.697. The maximum Gasteiger partial charge on any atom is 0.293 e. The van der Waals surface area contributed by atoms with Gasteiger partial charge >= 0.3 is 0 Å². The number of hydrogen-bond acceptors (Lipinski definition) is 5. The summed E-state index contributed by atoms with van der Waals surface area (Å²) in [4.78, 5) is 17.0. The van der Waals surface area contributed by atoms with E-state index in [4.69, 9.17) is 4.42 Å². The third-order valence-electron chi connectivity index (χ3n) is 4.67. The molecule has 0 aliphatic carbocycles. The zero-order chi connectivity index (χ0) is 18.8. The van der Waals surface area contributed by atoms with Gasteiger partial charge in [0.15, 0.2) is 11.6 Å². The van der Waals surface area contributed by atoms with Gasteiger partial charge in [0.2, 0.25) is 5.95 Å². The highest BCUT2D eigenvalue weighted by Crippen LogP contribution is 2.25. The topological polar surface area (TPSA) is 85.0 Å². The molecule has 1 aliphatic heterocycles. The van der Waals surface area contributed by atoms with Gasteiger partial charge in [-0.3, -0.25) is 10.1 Å². The second kappa shape index (κ2) is 7.32. The standard InChI is InChI=1S/C19H20FN5O2/c1-25-19(22-17(24-25)13-8-10-21-11-9-13)23-18(26)16-7-6-15(27-16)12-2-4-14(20)5-3-12/h2-7,13,21H,8-11H2,1H3,(H,22,23,24,26). The normalized spacial score (nSPS) is 15.0.